The summed E-state index contributed by atoms with van der Waals surface area (Å²) in [5.74, 6) is -0.473. The van der Waals surface area contributed by atoms with Crippen molar-refractivity contribution in [1.82, 2.24) is 4.98 Å². The number of nitrogens with two attached hydrogens (primary N) is 1. The standard InChI is InChI=1S/C17H12N4OS2/c18-8-12(9-20-13-5-3-11(4-6-13)16(19)22)17-21-14(10-24-17)15-2-1-7-23-15/h1-7,9-10,20H,(H2,19,22). The van der Waals surface area contributed by atoms with Crippen molar-refractivity contribution < 1.29 is 4.79 Å². The molecule has 2 aromatic heterocycles. The minimum absolute atomic E-state index is 0.436. The molecule has 3 rings (SSSR count). The van der Waals surface area contributed by atoms with E-state index < -0.39 is 5.91 Å². The maximum absolute atomic E-state index is 11.1. The zero-order valence-corrected chi connectivity index (χ0v) is 14.0. The van der Waals surface area contributed by atoms with Gasteiger partial charge in [0.05, 0.1) is 10.6 Å². The van der Waals surface area contributed by atoms with Crippen molar-refractivity contribution in [2.45, 2.75) is 0 Å². The summed E-state index contributed by atoms with van der Waals surface area (Å²) in [4.78, 5) is 16.6. The minimum Gasteiger partial charge on any atom is -0.366 e. The van der Waals surface area contributed by atoms with Crippen LogP contribution in [0, 0.1) is 11.3 Å². The summed E-state index contributed by atoms with van der Waals surface area (Å²) in [5.41, 5.74) is 7.71. The highest BCUT2D eigenvalue weighted by Gasteiger charge is 2.09. The molecule has 0 aliphatic rings. The van der Waals surface area contributed by atoms with Gasteiger partial charge in [-0.2, -0.15) is 5.26 Å². The first-order chi connectivity index (χ1) is 11.7. The molecule has 7 heteroatoms. The topological polar surface area (TPSA) is 91.8 Å². The average Bonchev–Trinajstić information content (AvgIpc) is 3.27. The van der Waals surface area contributed by atoms with Crippen molar-refractivity contribution in [2.24, 2.45) is 5.73 Å². The summed E-state index contributed by atoms with van der Waals surface area (Å²) in [5, 5.41) is 17.0. The molecule has 0 spiro atoms. The van der Waals surface area contributed by atoms with Gasteiger partial charge in [0.1, 0.15) is 16.6 Å². The number of carbonyl (C=O) groups excluding carboxylic acids is 1. The van der Waals surface area contributed by atoms with Gasteiger partial charge in [-0.25, -0.2) is 4.98 Å². The molecule has 3 N–H and O–H groups in total. The van der Waals surface area contributed by atoms with Crippen LogP contribution in [0.25, 0.3) is 16.1 Å². The molecule has 2 heterocycles. The first kappa shape index (κ1) is 15.9. The van der Waals surface area contributed by atoms with Crippen molar-refractivity contribution >= 4 is 39.8 Å². The highest BCUT2D eigenvalue weighted by molar-refractivity contribution is 7.14. The number of thiazole rings is 1. The Balaban J connectivity index is 1.77. The maximum atomic E-state index is 11.1. The SMILES string of the molecule is N#CC(=CNc1ccc(C(N)=O)cc1)c1nc(-c2cccs2)cs1. The smallest absolute Gasteiger partial charge is 0.248 e. The Morgan fingerprint density at radius 2 is 2.04 bits per heavy atom. The van der Waals surface area contributed by atoms with Crippen molar-refractivity contribution in [1.29, 1.82) is 5.26 Å². The van der Waals surface area contributed by atoms with E-state index in [2.05, 4.69) is 16.4 Å². The van der Waals surface area contributed by atoms with Gasteiger partial charge in [-0.15, -0.1) is 22.7 Å². The lowest BCUT2D eigenvalue weighted by atomic mass is 10.2. The fourth-order valence-electron chi connectivity index (χ4n) is 1.96. The number of allylic oxidation sites excluding steroid dienone is 1. The predicted octanol–water partition coefficient (Wildman–Crippen LogP) is 3.95. The molecule has 0 bridgehead atoms. The van der Waals surface area contributed by atoms with Gasteiger partial charge < -0.3 is 11.1 Å². The summed E-state index contributed by atoms with van der Waals surface area (Å²) in [6, 6.07) is 12.8. The number of nitriles is 1. The number of benzene rings is 1. The van der Waals surface area contributed by atoms with E-state index in [1.54, 1.807) is 41.8 Å². The number of aromatic nitrogens is 1. The van der Waals surface area contributed by atoms with Gasteiger partial charge in [0.15, 0.2) is 0 Å². The molecule has 0 fully saturated rings. The van der Waals surface area contributed by atoms with Gasteiger partial charge in [-0.1, -0.05) is 6.07 Å². The number of amides is 1. The van der Waals surface area contributed by atoms with Gasteiger partial charge in [0.25, 0.3) is 0 Å². The monoisotopic (exact) mass is 352 g/mol. The van der Waals surface area contributed by atoms with Gasteiger partial charge in [0.2, 0.25) is 5.91 Å². The van der Waals surface area contributed by atoms with Crippen LogP contribution in [0.3, 0.4) is 0 Å². The molecule has 1 amide bonds. The third-order valence-electron chi connectivity index (χ3n) is 3.18. The molecule has 5 nitrogen and oxygen atoms in total. The van der Waals surface area contributed by atoms with Gasteiger partial charge in [-0.3, -0.25) is 4.79 Å². The van der Waals surface area contributed by atoms with Crippen LogP contribution in [-0.4, -0.2) is 10.9 Å². The van der Waals surface area contributed by atoms with Crippen LogP contribution in [0.4, 0.5) is 5.69 Å². The van der Waals surface area contributed by atoms with Crippen molar-refractivity contribution in [2.75, 3.05) is 5.32 Å². The summed E-state index contributed by atoms with van der Waals surface area (Å²) in [7, 11) is 0. The van der Waals surface area contributed by atoms with E-state index >= 15 is 0 Å². The largest absolute Gasteiger partial charge is 0.366 e. The number of thiophene rings is 1. The summed E-state index contributed by atoms with van der Waals surface area (Å²) in [6.07, 6.45) is 1.61. The van der Waals surface area contributed by atoms with E-state index in [-0.39, 0.29) is 0 Å². The van der Waals surface area contributed by atoms with Gasteiger partial charge in [0, 0.05) is 22.8 Å². The average molecular weight is 352 g/mol. The van der Waals surface area contributed by atoms with Gasteiger partial charge in [-0.05, 0) is 35.7 Å². The third-order valence-corrected chi connectivity index (χ3v) is 4.95. The molecular weight excluding hydrogens is 340 g/mol. The minimum atomic E-state index is -0.473. The normalized spacial score (nSPS) is 11.0. The van der Waals surface area contributed by atoms with Crippen LogP contribution >= 0.6 is 22.7 Å². The molecule has 0 unspecified atom stereocenters. The second-order valence-electron chi connectivity index (χ2n) is 4.77. The van der Waals surface area contributed by atoms with Crippen LogP contribution in [0.5, 0.6) is 0 Å². The molecular formula is C17H12N4OS2. The van der Waals surface area contributed by atoms with Crippen LogP contribution in [0.1, 0.15) is 15.4 Å². The number of rotatable bonds is 5. The lowest BCUT2D eigenvalue weighted by Gasteiger charge is -2.02. The van der Waals surface area contributed by atoms with Crippen molar-refractivity contribution in [3.8, 4) is 16.6 Å². The first-order valence-corrected chi connectivity index (χ1v) is 8.70. The molecule has 118 valence electrons. The Hall–Kier alpha value is -2.95. The number of carbonyl (C=O) groups is 1. The van der Waals surface area contributed by atoms with Crippen LogP contribution in [0.15, 0.2) is 53.4 Å². The molecule has 3 aromatic rings. The van der Waals surface area contributed by atoms with Crippen molar-refractivity contribution in [3.05, 3.63) is 63.9 Å². The Labute approximate surface area is 146 Å². The second-order valence-corrected chi connectivity index (χ2v) is 6.58. The van der Waals surface area contributed by atoms with E-state index in [0.717, 1.165) is 16.3 Å². The van der Waals surface area contributed by atoms with Crippen LogP contribution < -0.4 is 11.1 Å². The Morgan fingerprint density at radius 1 is 1.25 bits per heavy atom. The number of nitrogens with zero attached hydrogens (tertiary/aromatic N) is 2. The molecule has 0 saturated heterocycles. The molecule has 1 aromatic carbocycles. The first-order valence-electron chi connectivity index (χ1n) is 6.94. The zero-order chi connectivity index (χ0) is 16.9. The number of hydrogen-bond acceptors (Lipinski definition) is 6. The molecule has 0 saturated carbocycles. The molecule has 0 radical (unpaired) electrons. The Morgan fingerprint density at radius 3 is 2.67 bits per heavy atom. The number of hydrogen-bond donors (Lipinski definition) is 2. The fourth-order valence-corrected chi connectivity index (χ4v) is 3.51. The summed E-state index contributed by atoms with van der Waals surface area (Å²) < 4.78 is 0. The zero-order valence-electron chi connectivity index (χ0n) is 12.4. The van der Waals surface area contributed by atoms with Crippen LogP contribution in [0.2, 0.25) is 0 Å². The predicted molar refractivity (Wildman–Crippen MR) is 97.6 cm³/mol. The highest BCUT2D eigenvalue weighted by Crippen LogP contribution is 2.28. The molecule has 0 atom stereocenters. The molecule has 0 aliphatic carbocycles. The number of anilines is 1. The van der Waals surface area contributed by atoms with Crippen molar-refractivity contribution in [3.63, 3.8) is 0 Å². The number of primary amides is 1. The van der Waals surface area contributed by atoms with Gasteiger partial charge >= 0.3 is 0 Å². The second kappa shape index (κ2) is 7.08. The Bertz CT molecular complexity index is 918. The maximum Gasteiger partial charge on any atom is 0.248 e. The van der Waals surface area contributed by atoms with E-state index in [0.29, 0.717) is 16.1 Å². The summed E-state index contributed by atoms with van der Waals surface area (Å²) in [6.45, 7) is 0. The van der Waals surface area contributed by atoms with Crippen LogP contribution in [-0.2, 0) is 0 Å². The van der Waals surface area contributed by atoms with E-state index in [1.807, 2.05) is 22.9 Å². The van der Waals surface area contributed by atoms with E-state index in [9.17, 15) is 10.1 Å². The van der Waals surface area contributed by atoms with E-state index in [4.69, 9.17) is 5.73 Å². The molecule has 24 heavy (non-hydrogen) atoms. The lowest BCUT2D eigenvalue weighted by Crippen LogP contribution is -2.10. The fraction of sp³-hybridized carbons (Fsp3) is 0. The summed E-state index contributed by atoms with van der Waals surface area (Å²) >= 11 is 3.04. The quantitative estimate of drug-likeness (QED) is 0.680. The highest BCUT2D eigenvalue weighted by atomic mass is 32.1. The molecule has 0 aliphatic heterocycles. The number of nitrogens with one attached hydrogen (secondary N) is 1. The lowest BCUT2D eigenvalue weighted by molar-refractivity contribution is 0.100. The third kappa shape index (κ3) is 3.51. The Kier molecular flexibility index (Phi) is 4.70. The van der Waals surface area contributed by atoms with E-state index in [1.165, 1.54) is 11.3 Å².